The van der Waals surface area contributed by atoms with E-state index in [9.17, 15) is 4.79 Å². The Bertz CT molecular complexity index is 535. The normalized spacial score (nSPS) is 15.3. The van der Waals surface area contributed by atoms with Crippen LogP contribution >= 0.6 is 0 Å². The summed E-state index contributed by atoms with van der Waals surface area (Å²) in [6.07, 6.45) is 2.19. The van der Waals surface area contributed by atoms with Gasteiger partial charge in [-0.15, -0.1) is 0 Å². The third-order valence-corrected chi connectivity index (χ3v) is 3.14. The lowest BCUT2D eigenvalue weighted by molar-refractivity contribution is -0.118. The molecule has 74 valence electrons. The molecule has 0 aromatic heterocycles. The zero-order valence-electron chi connectivity index (χ0n) is 8.49. The van der Waals surface area contributed by atoms with Crippen LogP contribution in [0.2, 0.25) is 0 Å². The molecule has 0 saturated carbocycles. The second-order valence-electron chi connectivity index (χ2n) is 4.15. The molecule has 15 heavy (non-hydrogen) atoms. The number of carbonyl (C=O) groups is 1. The van der Waals surface area contributed by atoms with Gasteiger partial charge in [0.1, 0.15) is 5.78 Å². The highest BCUT2D eigenvalue weighted by molar-refractivity contribution is 5.95. The van der Waals surface area contributed by atoms with E-state index in [0.29, 0.717) is 18.6 Å². The molecule has 1 aliphatic rings. The number of benzene rings is 2. The van der Waals surface area contributed by atoms with Crippen molar-refractivity contribution in [3.8, 4) is 0 Å². The first-order chi connectivity index (χ1) is 7.34. The van der Waals surface area contributed by atoms with E-state index in [1.165, 1.54) is 21.9 Å². The Hall–Kier alpha value is -1.63. The average Bonchev–Trinajstić information content (AvgIpc) is 2.41. The molecular weight excluding hydrogens is 184 g/mol. The van der Waals surface area contributed by atoms with Crippen molar-refractivity contribution in [3.63, 3.8) is 0 Å². The molecule has 0 N–H and O–H groups in total. The van der Waals surface area contributed by atoms with E-state index in [4.69, 9.17) is 0 Å². The fourth-order valence-electron chi connectivity index (χ4n) is 2.43. The van der Waals surface area contributed by atoms with Crippen molar-refractivity contribution in [2.24, 2.45) is 0 Å². The molecular formula is C14H12O. The number of carbonyl (C=O) groups excluding carboxylic acids is 1. The Morgan fingerprint density at radius 3 is 2.40 bits per heavy atom. The minimum absolute atomic E-state index is 0.360. The second-order valence-corrected chi connectivity index (χ2v) is 4.15. The van der Waals surface area contributed by atoms with E-state index in [2.05, 4.69) is 30.3 Å². The van der Waals surface area contributed by atoms with Crippen LogP contribution in [0.3, 0.4) is 0 Å². The van der Waals surface area contributed by atoms with Crippen LogP contribution in [0.4, 0.5) is 0 Å². The molecule has 1 aliphatic carbocycles. The summed E-state index contributed by atoms with van der Waals surface area (Å²) in [5.74, 6) is 0.360. The summed E-state index contributed by atoms with van der Waals surface area (Å²) in [5.41, 5.74) is 2.53. The van der Waals surface area contributed by atoms with Gasteiger partial charge in [-0.05, 0) is 28.3 Å². The topological polar surface area (TPSA) is 17.1 Å². The number of Topliss-reactive ketones (excluding diaryl/α,β-unsaturated/α-hetero) is 1. The number of hydrogen-bond donors (Lipinski definition) is 0. The second kappa shape index (κ2) is 3.20. The van der Waals surface area contributed by atoms with Crippen LogP contribution in [0.25, 0.3) is 10.8 Å². The van der Waals surface area contributed by atoms with Crippen LogP contribution in [0.5, 0.6) is 0 Å². The van der Waals surface area contributed by atoms with Crippen molar-refractivity contribution in [1.82, 2.24) is 0 Å². The Morgan fingerprint density at radius 2 is 1.60 bits per heavy atom. The maximum atomic E-state index is 11.6. The summed E-state index contributed by atoms with van der Waals surface area (Å²) >= 11 is 0. The highest BCUT2D eigenvalue weighted by Gasteiger charge is 2.14. The predicted octanol–water partition coefficient (Wildman–Crippen LogP) is 2.90. The van der Waals surface area contributed by atoms with Gasteiger partial charge < -0.3 is 0 Å². The van der Waals surface area contributed by atoms with Crippen molar-refractivity contribution in [3.05, 3.63) is 47.5 Å². The fourth-order valence-corrected chi connectivity index (χ4v) is 2.43. The molecule has 3 rings (SSSR count). The van der Waals surface area contributed by atoms with Crippen molar-refractivity contribution in [2.45, 2.75) is 19.3 Å². The summed E-state index contributed by atoms with van der Waals surface area (Å²) in [6, 6.07) is 12.6. The van der Waals surface area contributed by atoms with E-state index >= 15 is 0 Å². The summed E-state index contributed by atoms with van der Waals surface area (Å²) < 4.78 is 0. The van der Waals surface area contributed by atoms with E-state index in [1.807, 2.05) is 6.07 Å². The van der Waals surface area contributed by atoms with E-state index in [-0.39, 0.29) is 0 Å². The van der Waals surface area contributed by atoms with Crippen molar-refractivity contribution in [2.75, 3.05) is 0 Å². The Kier molecular flexibility index (Phi) is 1.84. The smallest absolute Gasteiger partial charge is 0.137 e. The number of rotatable bonds is 0. The molecule has 0 aliphatic heterocycles. The van der Waals surface area contributed by atoms with Gasteiger partial charge in [0.15, 0.2) is 0 Å². The van der Waals surface area contributed by atoms with Crippen molar-refractivity contribution >= 4 is 16.6 Å². The molecule has 0 fully saturated rings. The highest BCUT2D eigenvalue weighted by Crippen LogP contribution is 2.27. The Morgan fingerprint density at radius 1 is 0.867 bits per heavy atom. The van der Waals surface area contributed by atoms with Gasteiger partial charge in [0.05, 0.1) is 0 Å². The highest BCUT2D eigenvalue weighted by atomic mass is 16.1. The maximum Gasteiger partial charge on any atom is 0.137 e. The van der Waals surface area contributed by atoms with Gasteiger partial charge in [-0.3, -0.25) is 4.79 Å². The molecule has 0 bridgehead atoms. The SMILES string of the molecule is O=C1CCc2cccc3cccc(c23)C1. The van der Waals surface area contributed by atoms with E-state index in [0.717, 1.165) is 6.42 Å². The number of ketones is 1. The lowest BCUT2D eigenvalue weighted by atomic mass is 9.98. The molecule has 0 atom stereocenters. The van der Waals surface area contributed by atoms with Crippen LogP contribution < -0.4 is 0 Å². The molecule has 0 spiro atoms. The summed E-state index contributed by atoms with van der Waals surface area (Å²) in [6.45, 7) is 0. The first-order valence-electron chi connectivity index (χ1n) is 5.36. The average molecular weight is 196 g/mol. The molecule has 0 unspecified atom stereocenters. The minimum Gasteiger partial charge on any atom is -0.299 e. The monoisotopic (exact) mass is 196 g/mol. The molecule has 0 amide bonds. The largest absolute Gasteiger partial charge is 0.299 e. The first kappa shape index (κ1) is 8.66. The quantitative estimate of drug-likeness (QED) is 0.633. The zero-order chi connectivity index (χ0) is 10.3. The van der Waals surface area contributed by atoms with Crippen LogP contribution in [0, 0.1) is 0 Å². The standard InChI is InChI=1S/C14H12O/c15-13-8-7-11-5-1-3-10-4-2-6-12(9-13)14(10)11/h1-6H,7-9H2. The molecule has 0 radical (unpaired) electrons. The van der Waals surface area contributed by atoms with E-state index < -0.39 is 0 Å². The van der Waals surface area contributed by atoms with Crippen molar-refractivity contribution < 1.29 is 4.79 Å². The van der Waals surface area contributed by atoms with Crippen molar-refractivity contribution in [1.29, 1.82) is 0 Å². The predicted molar refractivity (Wildman–Crippen MR) is 61.0 cm³/mol. The molecule has 0 saturated heterocycles. The Balaban J connectivity index is 2.38. The molecule has 0 heterocycles. The lowest BCUT2D eigenvalue weighted by Gasteiger charge is -2.06. The zero-order valence-corrected chi connectivity index (χ0v) is 8.49. The third-order valence-electron chi connectivity index (χ3n) is 3.14. The summed E-state index contributed by atoms with van der Waals surface area (Å²) in [5, 5.41) is 2.57. The maximum absolute atomic E-state index is 11.6. The van der Waals surface area contributed by atoms with Gasteiger partial charge in [-0.1, -0.05) is 36.4 Å². The van der Waals surface area contributed by atoms with Gasteiger partial charge >= 0.3 is 0 Å². The molecule has 1 nitrogen and oxygen atoms in total. The van der Waals surface area contributed by atoms with Crippen LogP contribution in [-0.4, -0.2) is 5.78 Å². The number of hydrogen-bond acceptors (Lipinski definition) is 1. The molecule has 2 aromatic rings. The number of aryl methyl sites for hydroxylation is 1. The van der Waals surface area contributed by atoms with Gasteiger partial charge in [0, 0.05) is 12.8 Å². The molecule has 2 aromatic carbocycles. The Labute approximate surface area is 88.7 Å². The van der Waals surface area contributed by atoms with Crippen LogP contribution in [-0.2, 0) is 17.6 Å². The van der Waals surface area contributed by atoms with Crippen LogP contribution in [0.15, 0.2) is 36.4 Å². The molecule has 1 heteroatoms. The third kappa shape index (κ3) is 1.35. The first-order valence-corrected chi connectivity index (χ1v) is 5.36. The lowest BCUT2D eigenvalue weighted by Crippen LogP contribution is -2.00. The summed E-state index contributed by atoms with van der Waals surface area (Å²) in [4.78, 5) is 11.6. The van der Waals surface area contributed by atoms with Gasteiger partial charge in [-0.2, -0.15) is 0 Å². The van der Waals surface area contributed by atoms with Gasteiger partial charge in [0.2, 0.25) is 0 Å². The van der Waals surface area contributed by atoms with Crippen LogP contribution in [0.1, 0.15) is 17.5 Å². The fraction of sp³-hybridized carbons (Fsp3) is 0.214. The van der Waals surface area contributed by atoms with E-state index in [1.54, 1.807) is 0 Å². The van der Waals surface area contributed by atoms with Gasteiger partial charge in [0.25, 0.3) is 0 Å². The van der Waals surface area contributed by atoms with Gasteiger partial charge in [-0.25, -0.2) is 0 Å². The summed E-state index contributed by atoms with van der Waals surface area (Å²) in [7, 11) is 0. The minimum atomic E-state index is 0.360.